The van der Waals surface area contributed by atoms with Crippen molar-refractivity contribution in [1.29, 1.82) is 0 Å². The molecule has 1 aromatic rings. The van der Waals surface area contributed by atoms with E-state index in [0.717, 1.165) is 18.5 Å². The SMILES string of the molecule is Cc1ccc(NC2CCN(S(C)(=O)=O)CC2)cc1. The van der Waals surface area contributed by atoms with Crippen LogP contribution in [0.15, 0.2) is 24.3 Å². The highest BCUT2D eigenvalue weighted by molar-refractivity contribution is 7.88. The predicted octanol–water partition coefficient (Wildman–Crippen LogP) is 1.83. The first-order valence-electron chi connectivity index (χ1n) is 6.23. The van der Waals surface area contributed by atoms with E-state index in [-0.39, 0.29) is 0 Å². The molecule has 1 saturated heterocycles. The van der Waals surface area contributed by atoms with E-state index in [1.165, 1.54) is 11.8 Å². The van der Waals surface area contributed by atoms with Gasteiger partial charge in [-0.15, -0.1) is 0 Å². The molecule has 1 aromatic carbocycles. The molecule has 5 heteroatoms. The van der Waals surface area contributed by atoms with Gasteiger partial charge in [-0.1, -0.05) is 17.7 Å². The molecule has 0 unspecified atom stereocenters. The standard InChI is InChI=1S/C13H20N2O2S/c1-11-3-5-12(6-4-11)14-13-7-9-15(10-8-13)18(2,16)17/h3-6,13-14H,7-10H2,1-2H3. The van der Waals surface area contributed by atoms with Crippen LogP contribution in [0, 0.1) is 6.92 Å². The van der Waals surface area contributed by atoms with Crippen LogP contribution in [-0.2, 0) is 10.0 Å². The van der Waals surface area contributed by atoms with Gasteiger partial charge >= 0.3 is 0 Å². The van der Waals surface area contributed by atoms with Crippen molar-refractivity contribution >= 4 is 15.7 Å². The van der Waals surface area contributed by atoms with Crippen LogP contribution in [-0.4, -0.2) is 38.1 Å². The average molecular weight is 268 g/mol. The normalized spacial score (nSPS) is 18.8. The number of anilines is 1. The minimum Gasteiger partial charge on any atom is -0.382 e. The maximum absolute atomic E-state index is 11.4. The van der Waals surface area contributed by atoms with E-state index >= 15 is 0 Å². The van der Waals surface area contributed by atoms with Crippen LogP contribution in [0.2, 0.25) is 0 Å². The van der Waals surface area contributed by atoms with E-state index in [2.05, 4.69) is 36.5 Å². The maximum atomic E-state index is 11.4. The number of sulfonamides is 1. The molecule has 1 N–H and O–H groups in total. The van der Waals surface area contributed by atoms with Crippen LogP contribution in [0.3, 0.4) is 0 Å². The predicted molar refractivity (Wildman–Crippen MR) is 74.2 cm³/mol. The largest absolute Gasteiger partial charge is 0.382 e. The molecular weight excluding hydrogens is 248 g/mol. The van der Waals surface area contributed by atoms with Crippen molar-refractivity contribution in [3.63, 3.8) is 0 Å². The monoisotopic (exact) mass is 268 g/mol. The van der Waals surface area contributed by atoms with Crippen LogP contribution < -0.4 is 5.32 Å². The molecule has 2 rings (SSSR count). The van der Waals surface area contributed by atoms with Gasteiger partial charge in [-0.25, -0.2) is 12.7 Å². The molecule has 1 heterocycles. The maximum Gasteiger partial charge on any atom is 0.211 e. The van der Waals surface area contributed by atoms with Crippen molar-refractivity contribution < 1.29 is 8.42 Å². The Morgan fingerprint density at radius 1 is 1.17 bits per heavy atom. The summed E-state index contributed by atoms with van der Waals surface area (Å²) >= 11 is 0. The highest BCUT2D eigenvalue weighted by Gasteiger charge is 2.24. The van der Waals surface area contributed by atoms with E-state index in [9.17, 15) is 8.42 Å². The average Bonchev–Trinajstić information content (AvgIpc) is 2.32. The number of nitrogens with one attached hydrogen (secondary N) is 1. The smallest absolute Gasteiger partial charge is 0.211 e. The van der Waals surface area contributed by atoms with E-state index in [1.807, 2.05) is 0 Å². The number of benzene rings is 1. The summed E-state index contributed by atoms with van der Waals surface area (Å²) in [6.07, 6.45) is 3.00. The summed E-state index contributed by atoms with van der Waals surface area (Å²) in [5.41, 5.74) is 2.35. The quantitative estimate of drug-likeness (QED) is 0.910. The fraction of sp³-hybridized carbons (Fsp3) is 0.538. The second-order valence-corrected chi connectivity index (χ2v) is 6.93. The van der Waals surface area contributed by atoms with E-state index in [4.69, 9.17) is 0 Å². The Hall–Kier alpha value is -1.07. The third-order valence-corrected chi connectivity index (χ3v) is 4.65. The van der Waals surface area contributed by atoms with Crippen LogP contribution >= 0.6 is 0 Å². The molecule has 0 aliphatic carbocycles. The van der Waals surface area contributed by atoms with E-state index < -0.39 is 10.0 Å². The summed E-state index contributed by atoms with van der Waals surface area (Å²) in [5, 5.41) is 3.46. The molecule has 0 saturated carbocycles. The third kappa shape index (κ3) is 3.46. The fourth-order valence-electron chi connectivity index (χ4n) is 2.22. The minimum atomic E-state index is -3.02. The Kier molecular flexibility index (Phi) is 3.92. The number of aryl methyl sites for hydroxylation is 1. The van der Waals surface area contributed by atoms with Crippen molar-refractivity contribution in [3.8, 4) is 0 Å². The molecule has 0 bridgehead atoms. The van der Waals surface area contributed by atoms with Gasteiger partial charge in [-0.05, 0) is 31.9 Å². The van der Waals surface area contributed by atoms with Crippen LogP contribution in [0.1, 0.15) is 18.4 Å². The molecule has 4 nitrogen and oxygen atoms in total. The third-order valence-electron chi connectivity index (χ3n) is 3.35. The summed E-state index contributed by atoms with van der Waals surface area (Å²) in [7, 11) is -3.02. The van der Waals surface area contributed by atoms with Crippen molar-refractivity contribution in [1.82, 2.24) is 4.31 Å². The first-order valence-corrected chi connectivity index (χ1v) is 8.08. The molecule has 0 radical (unpaired) electrons. The zero-order chi connectivity index (χ0) is 13.2. The zero-order valence-corrected chi connectivity index (χ0v) is 11.7. The van der Waals surface area contributed by atoms with Gasteiger partial charge < -0.3 is 5.32 Å². The second-order valence-electron chi connectivity index (χ2n) is 4.95. The van der Waals surface area contributed by atoms with Gasteiger partial charge in [0, 0.05) is 24.8 Å². The molecule has 1 aliphatic heterocycles. The minimum absolute atomic E-state index is 0.366. The van der Waals surface area contributed by atoms with Gasteiger partial charge in [0.1, 0.15) is 0 Å². The van der Waals surface area contributed by atoms with Gasteiger partial charge in [0.2, 0.25) is 10.0 Å². The van der Waals surface area contributed by atoms with Crippen LogP contribution in [0.25, 0.3) is 0 Å². The van der Waals surface area contributed by atoms with Gasteiger partial charge in [0.25, 0.3) is 0 Å². The highest BCUT2D eigenvalue weighted by atomic mass is 32.2. The molecule has 100 valence electrons. The Morgan fingerprint density at radius 2 is 1.72 bits per heavy atom. The number of rotatable bonds is 3. The van der Waals surface area contributed by atoms with Crippen molar-refractivity contribution in [3.05, 3.63) is 29.8 Å². The Balaban J connectivity index is 1.89. The molecular formula is C13H20N2O2S. The van der Waals surface area contributed by atoms with Crippen molar-refractivity contribution in [2.45, 2.75) is 25.8 Å². The first kappa shape index (κ1) is 13.4. The summed E-state index contributed by atoms with van der Waals surface area (Å²) in [6.45, 7) is 3.29. The van der Waals surface area contributed by atoms with Crippen molar-refractivity contribution in [2.24, 2.45) is 0 Å². The van der Waals surface area contributed by atoms with Crippen LogP contribution in [0.4, 0.5) is 5.69 Å². The topological polar surface area (TPSA) is 49.4 Å². The lowest BCUT2D eigenvalue weighted by Gasteiger charge is -2.31. The molecule has 0 spiro atoms. The molecule has 0 atom stereocenters. The molecule has 0 amide bonds. The highest BCUT2D eigenvalue weighted by Crippen LogP contribution is 2.18. The Bertz CT molecular complexity index is 488. The van der Waals surface area contributed by atoms with Gasteiger partial charge in [-0.2, -0.15) is 0 Å². The lowest BCUT2D eigenvalue weighted by Crippen LogP contribution is -2.41. The van der Waals surface area contributed by atoms with E-state index in [0.29, 0.717) is 19.1 Å². The Labute approximate surface area is 109 Å². The summed E-state index contributed by atoms with van der Waals surface area (Å²) in [4.78, 5) is 0. The van der Waals surface area contributed by atoms with Gasteiger partial charge in [0.05, 0.1) is 6.26 Å². The fourth-order valence-corrected chi connectivity index (χ4v) is 3.09. The molecule has 1 aliphatic rings. The lowest BCUT2D eigenvalue weighted by molar-refractivity contribution is 0.332. The van der Waals surface area contributed by atoms with Crippen molar-refractivity contribution in [2.75, 3.05) is 24.7 Å². The summed E-state index contributed by atoms with van der Waals surface area (Å²) in [5.74, 6) is 0. The van der Waals surface area contributed by atoms with Crippen LogP contribution in [0.5, 0.6) is 0 Å². The second kappa shape index (κ2) is 5.28. The number of piperidine rings is 1. The molecule has 18 heavy (non-hydrogen) atoms. The molecule has 0 aromatic heterocycles. The number of hydrogen-bond donors (Lipinski definition) is 1. The lowest BCUT2D eigenvalue weighted by atomic mass is 10.1. The summed E-state index contributed by atoms with van der Waals surface area (Å²) in [6, 6.07) is 8.66. The number of nitrogens with zero attached hydrogens (tertiary/aromatic N) is 1. The summed E-state index contributed by atoms with van der Waals surface area (Å²) < 4.78 is 24.3. The van der Waals surface area contributed by atoms with Gasteiger partial charge in [0.15, 0.2) is 0 Å². The Morgan fingerprint density at radius 3 is 2.22 bits per heavy atom. The molecule has 1 fully saturated rings. The van der Waals surface area contributed by atoms with Gasteiger partial charge in [-0.3, -0.25) is 0 Å². The number of hydrogen-bond acceptors (Lipinski definition) is 3. The first-order chi connectivity index (χ1) is 8.45. The zero-order valence-electron chi connectivity index (χ0n) is 10.9. The van der Waals surface area contributed by atoms with E-state index in [1.54, 1.807) is 4.31 Å².